The normalized spacial score (nSPS) is 15.9. The van der Waals surface area contributed by atoms with Crippen molar-refractivity contribution in [3.05, 3.63) is 11.2 Å². The van der Waals surface area contributed by atoms with Crippen molar-refractivity contribution in [2.75, 3.05) is 27.0 Å². The number of methoxy groups -OCH3 is 1. The molecule has 0 aromatic carbocycles. The molecule has 1 fully saturated rings. The predicted octanol–water partition coefficient (Wildman–Crippen LogP) is 6.27. The van der Waals surface area contributed by atoms with Gasteiger partial charge in [0.25, 0.3) is 0 Å². The zero-order chi connectivity index (χ0) is 25.2. The number of thiazole rings is 1. The molecule has 0 aliphatic carbocycles. The fourth-order valence-corrected chi connectivity index (χ4v) is 12.4. The van der Waals surface area contributed by atoms with Crippen LogP contribution in [0.4, 0.5) is 4.79 Å². The third-order valence-corrected chi connectivity index (χ3v) is 13.6. The molecule has 6 nitrogen and oxygen atoms in total. The Kier molecular flexibility index (Phi) is 12.1. The van der Waals surface area contributed by atoms with Crippen molar-refractivity contribution >= 4 is 41.5 Å². The third kappa shape index (κ3) is 8.63. The van der Waals surface area contributed by atoms with Crippen LogP contribution in [-0.4, -0.2) is 69.7 Å². The Morgan fingerprint density at radius 2 is 1.65 bits per heavy atom. The number of hydrogen-bond donors (Lipinski definition) is 0. The molecule has 0 saturated carbocycles. The second-order valence-corrected chi connectivity index (χ2v) is 18.0. The van der Waals surface area contributed by atoms with Crippen LogP contribution in [0.1, 0.15) is 104 Å². The molecule has 2 radical (unpaired) electrons. The Balaban J connectivity index is 2.19. The van der Waals surface area contributed by atoms with Crippen molar-refractivity contribution in [1.29, 1.82) is 0 Å². The van der Waals surface area contributed by atoms with E-state index < -0.39 is 32.3 Å². The van der Waals surface area contributed by atoms with Crippen LogP contribution in [0.2, 0.25) is 3.43 Å². The summed E-state index contributed by atoms with van der Waals surface area (Å²) < 4.78 is 18.9. The number of rotatable bonds is 15. The standard InChI is InChI=1S/C13H19N2O4S.C13H27.Sn/c1-12(2,3)19-11(16)15-7-13(8-15,18-9-17-4)10-14-5-6-20-10;1-4-7-10-13(11-8-5-2)12-9-6-3;/h5H,7-9H2,1-4H3;4-12H2,1-3H3;. The maximum absolute atomic E-state index is 12.5. The fourth-order valence-electron chi connectivity index (χ4n) is 4.40. The molecule has 8 heteroatoms. The van der Waals surface area contributed by atoms with E-state index in [0.29, 0.717) is 16.5 Å². The van der Waals surface area contributed by atoms with Crippen LogP contribution in [0.5, 0.6) is 0 Å². The molecule has 1 aromatic rings. The molecule has 0 atom stereocenters. The van der Waals surface area contributed by atoms with Crippen molar-refractivity contribution < 1.29 is 19.0 Å². The fraction of sp³-hybridized carbons (Fsp3) is 0.846. The first-order valence-electron chi connectivity index (χ1n) is 13.0. The summed E-state index contributed by atoms with van der Waals surface area (Å²) >= 11 is 0.979. The molecule has 1 aliphatic heterocycles. The van der Waals surface area contributed by atoms with Crippen LogP contribution >= 0.6 is 11.3 Å². The molecule has 2 heterocycles. The van der Waals surface area contributed by atoms with Crippen molar-refractivity contribution in [2.45, 2.75) is 114 Å². The molecule has 0 unspecified atom stereocenters. The first kappa shape index (κ1) is 29.8. The van der Waals surface area contributed by atoms with Gasteiger partial charge in [0.15, 0.2) is 0 Å². The number of unbranched alkanes of at least 4 members (excludes halogenated alkanes) is 3. The average Bonchev–Trinajstić information content (AvgIpc) is 3.21. The molecule has 1 amide bonds. The van der Waals surface area contributed by atoms with Gasteiger partial charge in [-0.3, -0.25) is 0 Å². The number of carbonyl (C=O) groups is 1. The third-order valence-electron chi connectivity index (χ3n) is 6.31. The van der Waals surface area contributed by atoms with Gasteiger partial charge in [-0.1, -0.05) is 0 Å². The van der Waals surface area contributed by atoms with E-state index in [1.54, 1.807) is 12.0 Å². The van der Waals surface area contributed by atoms with Gasteiger partial charge < -0.3 is 0 Å². The topological polar surface area (TPSA) is 60.9 Å². The molecule has 1 aliphatic rings. The average molecular weight is 601 g/mol. The zero-order valence-electron chi connectivity index (χ0n) is 22.5. The minimum atomic E-state index is -0.846. The van der Waals surface area contributed by atoms with Gasteiger partial charge in [-0.25, -0.2) is 0 Å². The van der Waals surface area contributed by atoms with Gasteiger partial charge in [-0.05, 0) is 0 Å². The van der Waals surface area contributed by atoms with Gasteiger partial charge in [-0.15, -0.1) is 0 Å². The first-order chi connectivity index (χ1) is 16.1. The quantitative estimate of drug-likeness (QED) is 0.175. The van der Waals surface area contributed by atoms with Crippen LogP contribution in [0.25, 0.3) is 0 Å². The maximum atomic E-state index is 12.5. The van der Waals surface area contributed by atoms with Crippen LogP contribution in [0.3, 0.4) is 0 Å². The molecule has 0 bridgehead atoms. The molecular formula is C26H46N2O4SSn. The van der Waals surface area contributed by atoms with Gasteiger partial charge in [0.05, 0.1) is 0 Å². The Morgan fingerprint density at radius 1 is 1.09 bits per heavy atom. The number of nitrogens with zero attached hydrogens (tertiary/aromatic N) is 2. The second kappa shape index (κ2) is 13.8. The number of carbonyl (C=O) groups excluding carboxylic acids is 1. The van der Waals surface area contributed by atoms with Crippen molar-refractivity contribution in [3.63, 3.8) is 0 Å². The molecule has 0 spiro atoms. The number of hydrogen-bond acceptors (Lipinski definition) is 6. The molecule has 0 N–H and O–H groups in total. The second-order valence-electron chi connectivity index (χ2n) is 10.6. The molecular weight excluding hydrogens is 555 g/mol. The Labute approximate surface area is 221 Å². The Morgan fingerprint density at radius 3 is 2.12 bits per heavy atom. The summed E-state index contributed by atoms with van der Waals surface area (Å²) in [5.74, 6) is 0. The Hall–Kier alpha value is -0.381. The van der Waals surface area contributed by atoms with Crippen molar-refractivity contribution in [1.82, 2.24) is 9.88 Å². The zero-order valence-corrected chi connectivity index (χ0v) is 26.2. The summed E-state index contributed by atoms with van der Waals surface area (Å²) in [6, 6.07) is 0. The van der Waals surface area contributed by atoms with E-state index in [2.05, 4.69) is 27.0 Å². The monoisotopic (exact) mass is 602 g/mol. The van der Waals surface area contributed by atoms with Gasteiger partial charge >= 0.3 is 223 Å². The minimum absolute atomic E-state index is 0.185. The number of aromatic nitrogens is 1. The van der Waals surface area contributed by atoms with E-state index in [-0.39, 0.29) is 12.9 Å². The van der Waals surface area contributed by atoms with E-state index in [4.69, 9.17) is 19.2 Å². The molecule has 1 aromatic heterocycles. The summed E-state index contributed by atoms with van der Waals surface area (Å²) in [5.41, 5.74) is -1.10. The summed E-state index contributed by atoms with van der Waals surface area (Å²) in [6.45, 7) is 13.7. The van der Waals surface area contributed by atoms with Gasteiger partial charge in [-0.2, -0.15) is 0 Å². The van der Waals surface area contributed by atoms with Gasteiger partial charge in [0, 0.05) is 0 Å². The van der Waals surface area contributed by atoms with E-state index in [1.165, 1.54) is 60.7 Å². The van der Waals surface area contributed by atoms with E-state index in [1.807, 2.05) is 32.1 Å². The van der Waals surface area contributed by atoms with Crippen LogP contribution in [0.15, 0.2) is 6.20 Å². The summed E-state index contributed by atoms with van der Waals surface area (Å²) in [5, 5.41) is 0.982. The number of ether oxygens (including phenoxy) is 3. The number of amides is 1. The summed E-state index contributed by atoms with van der Waals surface area (Å²) in [4.78, 5) is 19.1. The molecule has 2 rings (SSSR count). The Bertz CT molecular complexity index is 722. The van der Waals surface area contributed by atoms with Gasteiger partial charge in [0.2, 0.25) is 0 Å². The van der Waals surface area contributed by atoms with E-state index in [9.17, 15) is 4.79 Å². The van der Waals surface area contributed by atoms with Crippen molar-refractivity contribution in [3.8, 4) is 0 Å². The van der Waals surface area contributed by atoms with Gasteiger partial charge in [0.1, 0.15) is 0 Å². The summed E-state index contributed by atoms with van der Waals surface area (Å²) in [6.07, 6.45) is 13.7. The number of likely N-dealkylation sites (tertiary alicyclic amines) is 1. The van der Waals surface area contributed by atoms with Crippen molar-refractivity contribution in [2.24, 2.45) is 0 Å². The SMILES string of the molecule is CCCC[C](CCCC)(CCCC)[Sn][c]1cnc(C2(OCOC)CN(C(=O)OC(C)(C)C)C2)s1. The molecule has 1 saturated heterocycles. The first-order valence-corrected chi connectivity index (χ1v) is 16.6. The predicted molar refractivity (Wildman–Crippen MR) is 141 cm³/mol. The van der Waals surface area contributed by atoms with E-state index >= 15 is 0 Å². The molecule has 34 heavy (non-hydrogen) atoms. The van der Waals surface area contributed by atoms with E-state index in [0.717, 1.165) is 5.01 Å². The van der Waals surface area contributed by atoms with Crippen LogP contribution < -0.4 is 2.89 Å². The molecule has 194 valence electrons. The van der Waals surface area contributed by atoms with Crippen LogP contribution in [-0.2, 0) is 19.8 Å². The van der Waals surface area contributed by atoms with Crippen LogP contribution in [0, 0.1) is 0 Å². The summed E-state index contributed by atoms with van der Waals surface area (Å²) in [7, 11) is 1.63.